The average molecular weight is 327 g/mol. The molecular weight excluding hydrogens is 306 g/mol. The lowest BCUT2D eigenvalue weighted by atomic mass is 9.90. The lowest BCUT2D eigenvalue weighted by Gasteiger charge is -2.22. The third kappa shape index (κ3) is 3.25. The largest absolute Gasteiger partial charge is 0.344 e. The Morgan fingerprint density at radius 2 is 1.96 bits per heavy atom. The summed E-state index contributed by atoms with van der Waals surface area (Å²) in [6.07, 6.45) is 5.07. The molecule has 0 bridgehead atoms. The van der Waals surface area contributed by atoms with Crippen molar-refractivity contribution < 1.29 is 14.4 Å². The van der Waals surface area contributed by atoms with Crippen LogP contribution in [0.15, 0.2) is 24.3 Å². The van der Waals surface area contributed by atoms with E-state index >= 15 is 0 Å². The predicted molar refractivity (Wildman–Crippen MR) is 90.0 cm³/mol. The molecule has 0 unspecified atom stereocenters. The summed E-state index contributed by atoms with van der Waals surface area (Å²) in [5, 5.41) is 5.11. The Bertz CT molecular complexity index is 703. The van der Waals surface area contributed by atoms with E-state index in [1.54, 1.807) is 6.92 Å². The normalized spacial score (nSPS) is 20.0. The Labute approximate surface area is 141 Å². The molecule has 0 aromatic heterocycles. The molecule has 0 saturated carbocycles. The smallest absolute Gasteiger partial charge is 0.325 e. The van der Waals surface area contributed by atoms with E-state index in [4.69, 9.17) is 6.42 Å². The van der Waals surface area contributed by atoms with E-state index in [-0.39, 0.29) is 13.1 Å². The number of nitrogens with one attached hydrogen (secondary N) is 2. The van der Waals surface area contributed by atoms with E-state index in [0.717, 1.165) is 10.5 Å². The third-order valence-corrected chi connectivity index (χ3v) is 4.12. The van der Waals surface area contributed by atoms with Crippen LogP contribution in [0.5, 0.6) is 0 Å². The zero-order valence-corrected chi connectivity index (χ0v) is 14.1. The van der Waals surface area contributed by atoms with Gasteiger partial charge in [0.05, 0.1) is 6.54 Å². The second-order valence-corrected chi connectivity index (χ2v) is 6.20. The van der Waals surface area contributed by atoms with E-state index in [1.807, 2.05) is 24.3 Å². The molecule has 126 valence electrons. The second-order valence-electron chi connectivity index (χ2n) is 6.20. The molecule has 1 atom stereocenters. The Balaban J connectivity index is 2.19. The molecule has 0 spiro atoms. The van der Waals surface area contributed by atoms with Crippen LogP contribution in [0.25, 0.3) is 0 Å². The monoisotopic (exact) mass is 327 g/mol. The van der Waals surface area contributed by atoms with Gasteiger partial charge in [0.25, 0.3) is 5.91 Å². The van der Waals surface area contributed by atoms with Crippen LogP contribution in [0, 0.1) is 12.3 Å². The molecule has 1 aromatic rings. The van der Waals surface area contributed by atoms with E-state index in [0.29, 0.717) is 11.5 Å². The van der Waals surface area contributed by atoms with Crippen molar-refractivity contribution in [2.45, 2.75) is 32.2 Å². The maximum atomic E-state index is 12.7. The average Bonchev–Trinajstić information content (AvgIpc) is 2.77. The highest BCUT2D eigenvalue weighted by atomic mass is 16.2. The molecule has 1 aromatic carbocycles. The van der Waals surface area contributed by atoms with Crippen LogP contribution in [0.1, 0.15) is 37.8 Å². The number of hydrogen-bond donors (Lipinski definition) is 2. The van der Waals surface area contributed by atoms with Gasteiger partial charge in [-0.25, -0.2) is 4.79 Å². The van der Waals surface area contributed by atoms with Crippen molar-refractivity contribution in [3.63, 3.8) is 0 Å². The zero-order chi connectivity index (χ0) is 17.9. The van der Waals surface area contributed by atoms with Gasteiger partial charge in [0, 0.05) is 0 Å². The summed E-state index contributed by atoms with van der Waals surface area (Å²) in [7, 11) is 0. The van der Waals surface area contributed by atoms with E-state index in [2.05, 4.69) is 30.4 Å². The van der Waals surface area contributed by atoms with Crippen molar-refractivity contribution in [2.24, 2.45) is 0 Å². The van der Waals surface area contributed by atoms with Gasteiger partial charge in [0.2, 0.25) is 5.91 Å². The van der Waals surface area contributed by atoms with Gasteiger partial charge in [-0.15, -0.1) is 6.42 Å². The molecule has 2 N–H and O–H groups in total. The number of carbonyl (C=O) groups is 3. The van der Waals surface area contributed by atoms with Gasteiger partial charge in [-0.05, 0) is 24.0 Å². The lowest BCUT2D eigenvalue weighted by molar-refractivity contribution is -0.134. The van der Waals surface area contributed by atoms with Crippen molar-refractivity contribution in [1.82, 2.24) is 15.5 Å². The first kappa shape index (κ1) is 17.5. The number of hydrogen-bond acceptors (Lipinski definition) is 3. The number of imide groups is 1. The van der Waals surface area contributed by atoms with Crippen LogP contribution in [-0.2, 0) is 15.1 Å². The molecule has 6 nitrogen and oxygen atoms in total. The molecule has 6 heteroatoms. The van der Waals surface area contributed by atoms with Crippen LogP contribution in [-0.4, -0.2) is 35.8 Å². The Kier molecular flexibility index (Phi) is 4.93. The fraction of sp³-hybridized carbons (Fsp3) is 0.389. The minimum absolute atomic E-state index is 0.0520. The van der Waals surface area contributed by atoms with Crippen molar-refractivity contribution in [3.05, 3.63) is 35.4 Å². The minimum Gasteiger partial charge on any atom is -0.344 e. The van der Waals surface area contributed by atoms with Gasteiger partial charge in [0.1, 0.15) is 12.1 Å². The topological polar surface area (TPSA) is 78.5 Å². The number of nitrogens with zero attached hydrogens (tertiary/aromatic N) is 1. The van der Waals surface area contributed by atoms with Crippen molar-refractivity contribution in [1.29, 1.82) is 0 Å². The summed E-state index contributed by atoms with van der Waals surface area (Å²) in [6, 6.07) is 6.94. The van der Waals surface area contributed by atoms with Crippen LogP contribution in [0.3, 0.4) is 0 Å². The van der Waals surface area contributed by atoms with E-state index < -0.39 is 23.4 Å². The molecular formula is C18H21N3O3. The lowest BCUT2D eigenvalue weighted by Crippen LogP contribution is -2.43. The Morgan fingerprint density at radius 1 is 1.33 bits per heavy atom. The van der Waals surface area contributed by atoms with Gasteiger partial charge in [-0.2, -0.15) is 0 Å². The summed E-state index contributed by atoms with van der Waals surface area (Å²) in [5.74, 6) is 1.70. The highest BCUT2D eigenvalue weighted by Gasteiger charge is 2.49. The predicted octanol–water partition coefficient (Wildman–Crippen LogP) is 1.33. The molecule has 1 heterocycles. The molecule has 0 radical (unpaired) electrons. The highest BCUT2D eigenvalue weighted by molar-refractivity contribution is 6.09. The van der Waals surface area contributed by atoms with E-state index in [9.17, 15) is 14.4 Å². The first-order valence-corrected chi connectivity index (χ1v) is 7.74. The van der Waals surface area contributed by atoms with Gasteiger partial charge in [-0.1, -0.05) is 44.0 Å². The first-order valence-electron chi connectivity index (χ1n) is 7.74. The number of terminal acetylenes is 1. The molecule has 1 fully saturated rings. The number of benzene rings is 1. The summed E-state index contributed by atoms with van der Waals surface area (Å²) in [6.45, 7) is 5.49. The van der Waals surface area contributed by atoms with Gasteiger partial charge in [0.15, 0.2) is 0 Å². The SMILES string of the molecule is C#CCNC(=O)CN1C(=O)N[C@](C)(c2ccc(C(C)C)cc2)C1=O. The van der Waals surface area contributed by atoms with Gasteiger partial charge in [-0.3, -0.25) is 14.5 Å². The maximum absolute atomic E-state index is 12.7. The summed E-state index contributed by atoms with van der Waals surface area (Å²) < 4.78 is 0. The van der Waals surface area contributed by atoms with Crippen molar-refractivity contribution in [2.75, 3.05) is 13.1 Å². The fourth-order valence-corrected chi connectivity index (χ4v) is 2.59. The van der Waals surface area contributed by atoms with Crippen LogP contribution in [0.4, 0.5) is 4.79 Å². The molecule has 1 aliphatic rings. The summed E-state index contributed by atoms with van der Waals surface area (Å²) in [5.41, 5.74) is 0.639. The van der Waals surface area contributed by atoms with Crippen LogP contribution in [0.2, 0.25) is 0 Å². The number of rotatable bonds is 5. The molecule has 2 rings (SSSR count). The number of carbonyl (C=O) groups excluding carboxylic acids is 3. The second kappa shape index (κ2) is 6.75. The van der Waals surface area contributed by atoms with Crippen molar-refractivity contribution in [3.8, 4) is 12.3 Å². The maximum Gasteiger partial charge on any atom is 0.325 e. The fourth-order valence-electron chi connectivity index (χ4n) is 2.59. The molecule has 1 aliphatic heterocycles. The minimum atomic E-state index is -1.18. The summed E-state index contributed by atoms with van der Waals surface area (Å²) >= 11 is 0. The quantitative estimate of drug-likeness (QED) is 0.632. The highest BCUT2D eigenvalue weighted by Crippen LogP contribution is 2.29. The third-order valence-electron chi connectivity index (χ3n) is 4.12. The standard InChI is InChI=1S/C18H21N3O3/c1-5-10-19-15(22)11-21-16(23)18(4,20-17(21)24)14-8-6-13(7-9-14)12(2)3/h1,6-9,12H,10-11H2,2-4H3,(H,19,22)(H,20,24)/t18-/m1/s1. The van der Waals surface area contributed by atoms with Crippen LogP contribution < -0.4 is 10.6 Å². The van der Waals surface area contributed by atoms with Crippen LogP contribution >= 0.6 is 0 Å². The van der Waals surface area contributed by atoms with E-state index in [1.165, 1.54) is 0 Å². The molecule has 4 amide bonds. The summed E-state index contributed by atoms with van der Waals surface area (Å²) in [4.78, 5) is 37.5. The van der Waals surface area contributed by atoms with Gasteiger partial charge >= 0.3 is 6.03 Å². The number of urea groups is 1. The number of amides is 4. The van der Waals surface area contributed by atoms with Gasteiger partial charge < -0.3 is 10.6 Å². The molecule has 1 saturated heterocycles. The van der Waals surface area contributed by atoms with Crippen molar-refractivity contribution >= 4 is 17.8 Å². The molecule has 24 heavy (non-hydrogen) atoms. The Morgan fingerprint density at radius 3 is 2.50 bits per heavy atom. The Hall–Kier alpha value is -2.81. The molecule has 0 aliphatic carbocycles. The zero-order valence-electron chi connectivity index (χ0n) is 14.1. The first-order chi connectivity index (χ1) is 11.3.